The van der Waals surface area contributed by atoms with Crippen LogP contribution in [0.25, 0.3) is 0 Å². The monoisotopic (exact) mass is 255 g/mol. The van der Waals surface area contributed by atoms with Crippen LogP contribution in [0.4, 0.5) is 0 Å². The van der Waals surface area contributed by atoms with Gasteiger partial charge in [0.1, 0.15) is 0 Å². The maximum absolute atomic E-state index is 5.69. The summed E-state index contributed by atoms with van der Waals surface area (Å²) >= 11 is 3.47. The smallest absolute Gasteiger partial charge is 0.0177 e. The Hall–Kier alpha value is -0.340. The van der Waals surface area contributed by atoms with Crippen molar-refractivity contribution in [3.63, 3.8) is 0 Å². The molecule has 14 heavy (non-hydrogen) atoms. The zero-order valence-electron chi connectivity index (χ0n) is 8.67. The summed E-state index contributed by atoms with van der Waals surface area (Å²) < 4.78 is 1.17. The number of aryl methyl sites for hydroxylation is 1. The van der Waals surface area contributed by atoms with Crippen molar-refractivity contribution in [1.82, 2.24) is 0 Å². The van der Waals surface area contributed by atoms with Gasteiger partial charge in [0.05, 0.1) is 0 Å². The lowest BCUT2D eigenvalue weighted by Crippen LogP contribution is -2.14. The molecule has 0 amide bonds. The van der Waals surface area contributed by atoms with E-state index in [1.165, 1.54) is 22.9 Å². The third-order valence-corrected chi connectivity index (χ3v) is 2.76. The average Bonchev–Trinajstić information content (AvgIpc) is 2.12. The molecule has 0 aliphatic rings. The molecular weight excluding hydrogens is 238 g/mol. The van der Waals surface area contributed by atoms with Crippen LogP contribution in [-0.4, -0.2) is 6.04 Å². The molecular formula is C12H18BrN. The summed E-state index contributed by atoms with van der Waals surface area (Å²) in [4.78, 5) is 0. The number of rotatable bonds is 5. The van der Waals surface area contributed by atoms with Crippen LogP contribution in [0.1, 0.15) is 31.7 Å². The van der Waals surface area contributed by atoms with Gasteiger partial charge in [-0.3, -0.25) is 0 Å². The van der Waals surface area contributed by atoms with E-state index in [2.05, 4.69) is 47.1 Å². The molecule has 0 aromatic heterocycles. The van der Waals surface area contributed by atoms with E-state index >= 15 is 0 Å². The van der Waals surface area contributed by atoms with E-state index in [4.69, 9.17) is 5.73 Å². The molecule has 2 N–H and O–H groups in total. The standard InChI is InChI=1S/C12H18BrN/c1-10(14)5-2-3-6-11-7-4-8-12(13)9-11/h4,7-10H,2-3,5-6,14H2,1H3/t10-/m1/s1. The fraction of sp³-hybridized carbons (Fsp3) is 0.500. The first-order valence-electron chi connectivity index (χ1n) is 5.18. The second-order valence-corrected chi connectivity index (χ2v) is 4.77. The van der Waals surface area contributed by atoms with Gasteiger partial charge in [-0.2, -0.15) is 0 Å². The highest BCUT2D eigenvalue weighted by Gasteiger charge is 1.96. The highest BCUT2D eigenvalue weighted by atomic mass is 79.9. The van der Waals surface area contributed by atoms with Gasteiger partial charge < -0.3 is 5.73 Å². The molecule has 0 spiro atoms. The van der Waals surface area contributed by atoms with Crippen molar-refractivity contribution in [1.29, 1.82) is 0 Å². The van der Waals surface area contributed by atoms with Gasteiger partial charge in [-0.15, -0.1) is 0 Å². The van der Waals surface area contributed by atoms with Crippen LogP contribution in [0.3, 0.4) is 0 Å². The Bertz CT molecular complexity index is 271. The summed E-state index contributed by atoms with van der Waals surface area (Å²) in [5, 5.41) is 0. The van der Waals surface area contributed by atoms with E-state index in [0.717, 1.165) is 12.8 Å². The van der Waals surface area contributed by atoms with E-state index in [0.29, 0.717) is 6.04 Å². The van der Waals surface area contributed by atoms with Gasteiger partial charge >= 0.3 is 0 Å². The second kappa shape index (κ2) is 6.20. The molecule has 1 aromatic rings. The van der Waals surface area contributed by atoms with Gasteiger partial charge in [-0.1, -0.05) is 34.5 Å². The van der Waals surface area contributed by atoms with Gasteiger partial charge in [0.15, 0.2) is 0 Å². The van der Waals surface area contributed by atoms with E-state index in [9.17, 15) is 0 Å². The third-order valence-electron chi connectivity index (χ3n) is 2.26. The summed E-state index contributed by atoms with van der Waals surface area (Å²) in [5.74, 6) is 0. The van der Waals surface area contributed by atoms with Crippen molar-refractivity contribution in [3.05, 3.63) is 34.3 Å². The Morgan fingerprint density at radius 1 is 1.36 bits per heavy atom. The van der Waals surface area contributed by atoms with E-state index in [-0.39, 0.29) is 0 Å². The van der Waals surface area contributed by atoms with Gasteiger partial charge in [0.2, 0.25) is 0 Å². The molecule has 1 atom stereocenters. The van der Waals surface area contributed by atoms with Gasteiger partial charge in [-0.05, 0) is 43.9 Å². The zero-order valence-corrected chi connectivity index (χ0v) is 10.3. The van der Waals surface area contributed by atoms with Gasteiger partial charge in [0.25, 0.3) is 0 Å². The fourth-order valence-electron chi connectivity index (χ4n) is 1.49. The predicted octanol–water partition coefficient (Wildman–Crippen LogP) is 3.51. The van der Waals surface area contributed by atoms with Crippen molar-refractivity contribution in [3.8, 4) is 0 Å². The number of unbranched alkanes of at least 4 members (excludes halogenated alkanes) is 1. The largest absolute Gasteiger partial charge is 0.328 e. The number of halogens is 1. The summed E-state index contributed by atoms with van der Waals surface area (Å²) in [7, 11) is 0. The highest BCUT2D eigenvalue weighted by molar-refractivity contribution is 9.10. The fourth-order valence-corrected chi connectivity index (χ4v) is 1.93. The highest BCUT2D eigenvalue weighted by Crippen LogP contribution is 2.14. The molecule has 0 unspecified atom stereocenters. The number of hydrogen-bond acceptors (Lipinski definition) is 1. The third kappa shape index (κ3) is 4.77. The number of nitrogens with two attached hydrogens (primary N) is 1. The van der Waals surface area contributed by atoms with Gasteiger partial charge in [-0.25, -0.2) is 0 Å². The molecule has 0 heterocycles. The molecule has 2 heteroatoms. The molecule has 1 rings (SSSR count). The number of hydrogen-bond donors (Lipinski definition) is 1. The summed E-state index contributed by atoms with van der Waals surface area (Å²) in [6.45, 7) is 2.07. The molecule has 1 aromatic carbocycles. The zero-order chi connectivity index (χ0) is 10.4. The van der Waals surface area contributed by atoms with Crippen LogP contribution in [0, 0.1) is 0 Å². The normalized spacial score (nSPS) is 12.8. The van der Waals surface area contributed by atoms with E-state index in [1.54, 1.807) is 0 Å². The predicted molar refractivity (Wildman–Crippen MR) is 65.3 cm³/mol. The summed E-state index contributed by atoms with van der Waals surface area (Å²) in [6, 6.07) is 8.86. The van der Waals surface area contributed by atoms with Crippen LogP contribution in [0.2, 0.25) is 0 Å². The Morgan fingerprint density at radius 3 is 2.79 bits per heavy atom. The second-order valence-electron chi connectivity index (χ2n) is 3.85. The van der Waals surface area contributed by atoms with Crippen molar-refractivity contribution in [2.75, 3.05) is 0 Å². The lowest BCUT2D eigenvalue weighted by atomic mass is 10.1. The maximum atomic E-state index is 5.69. The van der Waals surface area contributed by atoms with Crippen molar-refractivity contribution in [2.24, 2.45) is 5.73 Å². The van der Waals surface area contributed by atoms with Crippen LogP contribution < -0.4 is 5.73 Å². The first kappa shape index (κ1) is 11.7. The topological polar surface area (TPSA) is 26.0 Å². The lowest BCUT2D eigenvalue weighted by molar-refractivity contribution is 0.597. The van der Waals surface area contributed by atoms with Crippen LogP contribution >= 0.6 is 15.9 Å². The Balaban J connectivity index is 2.25. The maximum Gasteiger partial charge on any atom is 0.0177 e. The first-order chi connectivity index (χ1) is 6.68. The minimum Gasteiger partial charge on any atom is -0.328 e. The van der Waals surface area contributed by atoms with Crippen LogP contribution in [0.15, 0.2) is 28.7 Å². The Labute approximate surface area is 94.8 Å². The molecule has 0 aliphatic heterocycles. The minimum atomic E-state index is 0.345. The quantitative estimate of drug-likeness (QED) is 0.801. The Kier molecular flexibility index (Phi) is 5.20. The molecule has 1 nitrogen and oxygen atoms in total. The minimum absolute atomic E-state index is 0.345. The summed E-state index contributed by atoms with van der Waals surface area (Å²) in [5.41, 5.74) is 7.10. The van der Waals surface area contributed by atoms with Crippen molar-refractivity contribution >= 4 is 15.9 Å². The van der Waals surface area contributed by atoms with Gasteiger partial charge in [0, 0.05) is 10.5 Å². The molecule has 0 bridgehead atoms. The Morgan fingerprint density at radius 2 is 2.14 bits per heavy atom. The number of benzene rings is 1. The summed E-state index contributed by atoms with van der Waals surface area (Å²) in [6.07, 6.45) is 4.75. The van der Waals surface area contributed by atoms with Crippen molar-refractivity contribution in [2.45, 2.75) is 38.6 Å². The first-order valence-corrected chi connectivity index (χ1v) is 5.98. The molecule has 0 radical (unpaired) electrons. The molecule has 0 fully saturated rings. The SMILES string of the molecule is C[C@@H](N)CCCCc1cccc(Br)c1. The average molecular weight is 256 g/mol. The molecule has 0 saturated carbocycles. The van der Waals surface area contributed by atoms with Crippen molar-refractivity contribution < 1.29 is 0 Å². The van der Waals surface area contributed by atoms with E-state index < -0.39 is 0 Å². The van der Waals surface area contributed by atoms with E-state index in [1.807, 2.05) is 0 Å². The molecule has 0 aliphatic carbocycles. The van der Waals surface area contributed by atoms with Crippen LogP contribution in [0.5, 0.6) is 0 Å². The molecule has 78 valence electrons. The lowest BCUT2D eigenvalue weighted by Gasteiger charge is -2.04. The van der Waals surface area contributed by atoms with Crippen LogP contribution in [-0.2, 0) is 6.42 Å². The molecule has 0 saturated heterocycles.